The molecular formula is C47H70N2O6S. The molecule has 0 amide bonds. The van der Waals surface area contributed by atoms with Crippen molar-refractivity contribution in [2.75, 3.05) is 13.2 Å². The average molecular weight is 791 g/mol. The second kappa shape index (κ2) is 20.2. The lowest BCUT2D eigenvalue weighted by atomic mass is 9.77. The number of aromatic nitrogens is 2. The third kappa shape index (κ3) is 12.0. The number of hydrogen-bond acceptors (Lipinski definition) is 7. The molecule has 3 atom stereocenters. The van der Waals surface area contributed by atoms with E-state index >= 15 is 0 Å². The second-order valence-electron chi connectivity index (χ2n) is 17.4. The van der Waals surface area contributed by atoms with Gasteiger partial charge in [-0.15, -0.1) is 0 Å². The normalized spacial score (nSPS) is 14.3. The van der Waals surface area contributed by atoms with E-state index in [0.29, 0.717) is 13.2 Å². The van der Waals surface area contributed by atoms with Crippen molar-refractivity contribution in [2.45, 2.75) is 158 Å². The lowest BCUT2D eigenvalue weighted by Crippen LogP contribution is -2.34. The van der Waals surface area contributed by atoms with Crippen LogP contribution < -0.4 is 9.47 Å². The first-order valence-corrected chi connectivity index (χ1v) is 21.5. The number of fused-ring (bicyclic) bond motifs is 2. The lowest BCUT2D eigenvalue weighted by Gasteiger charge is -2.34. The molecule has 9 heteroatoms. The minimum Gasteiger partial charge on any atom is -0.478 e. The number of thiol groups is 1. The maximum absolute atomic E-state index is 12.6. The third-order valence-electron chi connectivity index (χ3n) is 10.9. The zero-order valence-corrected chi connectivity index (χ0v) is 37.1. The molecule has 0 saturated heterocycles. The zero-order chi connectivity index (χ0) is 41.2. The van der Waals surface area contributed by atoms with Crippen LogP contribution in [-0.2, 0) is 32.2 Å². The van der Waals surface area contributed by atoms with Gasteiger partial charge in [-0.25, -0.2) is 9.59 Å². The van der Waals surface area contributed by atoms with Gasteiger partial charge in [-0.05, 0) is 102 Å². The predicted molar refractivity (Wildman–Crippen MR) is 233 cm³/mol. The average Bonchev–Trinajstić information content (AvgIpc) is 3.62. The van der Waals surface area contributed by atoms with Gasteiger partial charge >= 0.3 is 11.9 Å². The van der Waals surface area contributed by atoms with Crippen molar-refractivity contribution in [2.24, 2.45) is 17.3 Å². The maximum atomic E-state index is 12.6. The van der Waals surface area contributed by atoms with Crippen LogP contribution in [0.4, 0.5) is 0 Å². The van der Waals surface area contributed by atoms with Crippen molar-refractivity contribution >= 4 is 46.4 Å². The Kier molecular flexibility index (Phi) is 16.3. The van der Waals surface area contributed by atoms with E-state index in [-0.39, 0.29) is 33.9 Å². The summed E-state index contributed by atoms with van der Waals surface area (Å²) in [5, 5.41) is 2.07. The molecule has 0 fully saturated rings. The minimum atomic E-state index is -0.642. The highest BCUT2D eigenvalue weighted by Crippen LogP contribution is 2.39. The standard InChI is InChI=1S/C47H70N2O6S/c1-12-52-44(50)42(32(3)4)54-40-23-19-21-38-36(40)29-34(7)48(38)27-17-14-15-25-46(9,10)31-47(11,56)26-16-18-28-49-35(8)30-37-39(49)22-20-24-41(37)55-43(33(5)6)45(51)53-13-2/h19-24,29-30,32-33,42-43,56H,12-18,25-28,31H2,1-11H3. The van der Waals surface area contributed by atoms with E-state index in [1.165, 1.54) is 24.2 Å². The van der Waals surface area contributed by atoms with E-state index < -0.39 is 12.2 Å². The van der Waals surface area contributed by atoms with Crippen molar-refractivity contribution in [1.82, 2.24) is 9.13 Å². The number of benzene rings is 2. The fourth-order valence-electron chi connectivity index (χ4n) is 8.25. The van der Waals surface area contributed by atoms with E-state index in [1.807, 2.05) is 65.8 Å². The molecule has 0 saturated carbocycles. The Morgan fingerprint density at radius 3 is 1.52 bits per heavy atom. The molecule has 2 aromatic carbocycles. The van der Waals surface area contributed by atoms with Crippen LogP contribution in [0.2, 0.25) is 0 Å². The van der Waals surface area contributed by atoms with Crippen molar-refractivity contribution in [3.05, 3.63) is 59.9 Å². The van der Waals surface area contributed by atoms with Crippen LogP contribution in [0, 0.1) is 31.1 Å². The minimum absolute atomic E-state index is 0.000827. The maximum Gasteiger partial charge on any atom is 0.347 e. The van der Waals surface area contributed by atoms with Gasteiger partial charge in [0.05, 0.1) is 24.2 Å². The summed E-state index contributed by atoms with van der Waals surface area (Å²) in [4.78, 5) is 25.2. The Morgan fingerprint density at radius 2 is 1.09 bits per heavy atom. The molecule has 0 bridgehead atoms. The molecule has 2 heterocycles. The number of aryl methyl sites for hydroxylation is 4. The Hall–Kier alpha value is -3.59. The number of rotatable bonds is 23. The first-order chi connectivity index (χ1) is 26.5. The van der Waals surface area contributed by atoms with E-state index in [9.17, 15) is 9.59 Å². The third-order valence-corrected chi connectivity index (χ3v) is 11.3. The highest BCUT2D eigenvalue weighted by molar-refractivity contribution is 7.81. The molecule has 0 spiro atoms. The molecule has 4 aromatic rings. The molecule has 0 aliphatic carbocycles. The highest BCUT2D eigenvalue weighted by Gasteiger charge is 2.30. The molecule has 0 N–H and O–H groups in total. The molecule has 8 nitrogen and oxygen atoms in total. The molecule has 0 radical (unpaired) electrons. The Morgan fingerprint density at radius 1 is 0.661 bits per heavy atom. The van der Waals surface area contributed by atoms with Crippen LogP contribution in [0.1, 0.15) is 125 Å². The van der Waals surface area contributed by atoms with Crippen LogP contribution in [0.15, 0.2) is 48.5 Å². The van der Waals surface area contributed by atoms with Gasteiger partial charge < -0.3 is 28.1 Å². The van der Waals surface area contributed by atoms with Crippen molar-refractivity contribution < 1.29 is 28.5 Å². The summed E-state index contributed by atoms with van der Waals surface area (Å²) in [6.07, 6.45) is 7.63. The smallest absolute Gasteiger partial charge is 0.347 e. The summed E-state index contributed by atoms with van der Waals surface area (Å²) in [5.74, 6) is 0.817. The van der Waals surface area contributed by atoms with E-state index in [2.05, 4.69) is 68.0 Å². The second-order valence-corrected chi connectivity index (χ2v) is 18.5. The van der Waals surface area contributed by atoms with Crippen LogP contribution in [0.3, 0.4) is 0 Å². The lowest BCUT2D eigenvalue weighted by molar-refractivity contribution is -0.154. The SMILES string of the molecule is CCOC(=O)C(Oc1cccc2c1cc(C)n2CCCCCC(C)(C)CC(C)(S)CCCCn1c(C)cc2c(OC(C(=O)OCC)C(C)C)cccc21)C(C)C. The number of carbonyl (C=O) groups excluding carboxylic acids is 2. The molecule has 0 aliphatic heterocycles. The van der Waals surface area contributed by atoms with Gasteiger partial charge in [0.25, 0.3) is 0 Å². The summed E-state index contributed by atoms with van der Waals surface area (Å²) in [5.41, 5.74) is 4.86. The first kappa shape index (κ1) is 45.1. The van der Waals surface area contributed by atoms with Gasteiger partial charge in [0.15, 0.2) is 12.2 Å². The van der Waals surface area contributed by atoms with Gasteiger partial charge in [0, 0.05) is 51.8 Å². The molecule has 310 valence electrons. The number of nitrogens with zero attached hydrogens (tertiary/aromatic N) is 2. The van der Waals surface area contributed by atoms with Crippen molar-refractivity contribution in [3.63, 3.8) is 0 Å². The first-order valence-electron chi connectivity index (χ1n) is 21.0. The summed E-state index contributed by atoms with van der Waals surface area (Å²) >= 11 is 5.21. The number of carbonyl (C=O) groups is 2. The van der Waals surface area contributed by atoms with Gasteiger partial charge in [0.1, 0.15) is 11.5 Å². The summed E-state index contributed by atoms with van der Waals surface area (Å²) in [7, 11) is 0. The molecule has 56 heavy (non-hydrogen) atoms. The van der Waals surface area contributed by atoms with Gasteiger partial charge in [-0.2, -0.15) is 12.6 Å². The van der Waals surface area contributed by atoms with E-state index in [4.69, 9.17) is 31.6 Å². The highest BCUT2D eigenvalue weighted by atomic mass is 32.1. The molecule has 3 unspecified atom stereocenters. The van der Waals surface area contributed by atoms with Crippen LogP contribution in [-0.4, -0.2) is 51.2 Å². The number of esters is 2. The number of hydrogen-bond donors (Lipinski definition) is 1. The monoisotopic (exact) mass is 790 g/mol. The van der Waals surface area contributed by atoms with Crippen LogP contribution in [0.25, 0.3) is 21.8 Å². The van der Waals surface area contributed by atoms with Gasteiger partial charge in [-0.1, -0.05) is 79.9 Å². The Labute approximate surface area is 342 Å². The van der Waals surface area contributed by atoms with Gasteiger partial charge in [0.2, 0.25) is 0 Å². The summed E-state index contributed by atoms with van der Waals surface area (Å²) in [6.45, 7) is 25.5. The topological polar surface area (TPSA) is 80.9 Å². The quantitative estimate of drug-likeness (QED) is 0.0458. The Bertz CT molecular complexity index is 1890. The summed E-state index contributed by atoms with van der Waals surface area (Å²) < 4.78 is 27.9. The van der Waals surface area contributed by atoms with Crippen LogP contribution >= 0.6 is 12.6 Å². The largest absolute Gasteiger partial charge is 0.478 e. The molecule has 0 aliphatic rings. The molecular weight excluding hydrogens is 721 g/mol. The predicted octanol–water partition coefficient (Wildman–Crippen LogP) is 11.7. The number of unbranched alkanes of at least 4 members (excludes halogenated alkanes) is 3. The van der Waals surface area contributed by atoms with Gasteiger partial charge in [-0.3, -0.25) is 0 Å². The fourth-order valence-corrected chi connectivity index (χ4v) is 8.83. The Balaban J connectivity index is 1.25. The van der Waals surface area contributed by atoms with Crippen molar-refractivity contribution in [1.29, 1.82) is 0 Å². The van der Waals surface area contributed by atoms with Crippen LogP contribution in [0.5, 0.6) is 11.5 Å². The van der Waals surface area contributed by atoms with Crippen molar-refractivity contribution in [3.8, 4) is 11.5 Å². The molecule has 2 aromatic heterocycles. The number of ether oxygens (including phenoxy) is 4. The van der Waals surface area contributed by atoms with E-state index in [0.717, 1.165) is 84.9 Å². The fraction of sp³-hybridized carbons (Fsp3) is 0.617. The summed E-state index contributed by atoms with van der Waals surface area (Å²) in [6, 6.07) is 16.6. The zero-order valence-electron chi connectivity index (χ0n) is 36.2. The van der Waals surface area contributed by atoms with E-state index in [1.54, 1.807) is 0 Å². The molecule has 4 rings (SSSR count).